The smallest absolute Gasteiger partial charge is 0.237 e. The van der Waals surface area contributed by atoms with Crippen LogP contribution in [0.5, 0.6) is 17.2 Å². The number of nitrogens with one attached hydrogen (secondary N) is 1. The van der Waals surface area contributed by atoms with Gasteiger partial charge in [-0.25, -0.2) is 0 Å². The van der Waals surface area contributed by atoms with Crippen LogP contribution in [0.1, 0.15) is 5.56 Å². The summed E-state index contributed by atoms with van der Waals surface area (Å²) in [5.41, 5.74) is 6.96. The molecule has 25 heavy (non-hydrogen) atoms. The number of amides is 1. The lowest BCUT2D eigenvalue weighted by atomic mass is 10.1. The predicted molar refractivity (Wildman–Crippen MR) is 96.4 cm³/mol. The number of carbonyl (C=O) groups is 1. The topological polar surface area (TPSA) is 82.8 Å². The number of nitrogens with two attached hydrogens (primary N) is 1. The van der Waals surface area contributed by atoms with Crippen LogP contribution in [-0.4, -0.2) is 31.9 Å². The Balaban J connectivity index is 0.00000225. The van der Waals surface area contributed by atoms with Gasteiger partial charge < -0.3 is 25.3 Å². The van der Waals surface area contributed by atoms with Crippen LogP contribution in [0, 0.1) is 0 Å². The standard InChI is InChI=1S/C18H20N2O4.ClH/c19-15(10-13-4-2-1-3-5-13)18(21)20-8-9-22-14-6-7-16-17(11-14)24-12-23-16;/h1-7,11,15H,8-10,12,19H2,(H,20,21);1H/t15-;/m0./s1. The van der Waals surface area contributed by atoms with E-state index in [1.54, 1.807) is 18.2 Å². The lowest BCUT2D eigenvalue weighted by molar-refractivity contribution is -0.122. The number of rotatable bonds is 7. The van der Waals surface area contributed by atoms with E-state index >= 15 is 0 Å². The molecule has 1 aliphatic heterocycles. The van der Waals surface area contributed by atoms with Crippen LogP contribution in [0.4, 0.5) is 0 Å². The molecule has 3 rings (SSSR count). The average molecular weight is 365 g/mol. The third kappa shape index (κ3) is 5.27. The summed E-state index contributed by atoms with van der Waals surface area (Å²) >= 11 is 0. The number of carbonyl (C=O) groups excluding carboxylic acids is 1. The quantitative estimate of drug-likeness (QED) is 0.733. The van der Waals surface area contributed by atoms with Gasteiger partial charge in [-0.2, -0.15) is 0 Å². The molecule has 2 aromatic carbocycles. The van der Waals surface area contributed by atoms with Gasteiger partial charge in [-0.3, -0.25) is 4.79 Å². The SMILES string of the molecule is Cl.N[C@@H](Cc1ccccc1)C(=O)NCCOc1ccc2c(c1)OCO2. The Bertz CT molecular complexity index is 697. The van der Waals surface area contributed by atoms with E-state index in [1.165, 1.54) is 0 Å². The van der Waals surface area contributed by atoms with Crippen LogP contribution in [-0.2, 0) is 11.2 Å². The van der Waals surface area contributed by atoms with E-state index in [-0.39, 0.29) is 25.1 Å². The molecule has 1 aliphatic rings. The van der Waals surface area contributed by atoms with E-state index in [9.17, 15) is 4.79 Å². The van der Waals surface area contributed by atoms with Crippen molar-refractivity contribution in [1.29, 1.82) is 0 Å². The zero-order valence-electron chi connectivity index (χ0n) is 13.6. The lowest BCUT2D eigenvalue weighted by Crippen LogP contribution is -2.43. The Labute approximate surface area is 152 Å². The highest BCUT2D eigenvalue weighted by atomic mass is 35.5. The molecular weight excluding hydrogens is 344 g/mol. The van der Waals surface area contributed by atoms with Gasteiger partial charge >= 0.3 is 0 Å². The molecule has 0 bridgehead atoms. The van der Waals surface area contributed by atoms with E-state index in [0.29, 0.717) is 36.8 Å². The van der Waals surface area contributed by atoms with Gasteiger partial charge in [0.15, 0.2) is 11.5 Å². The first kappa shape index (κ1) is 18.9. The maximum atomic E-state index is 12.0. The number of ether oxygens (including phenoxy) is 3. The number of benzene rings is 2. The normalized spacial score (nSPS) is 12.8. The molecule has 0 aromatic heterocycles. The molecule has 0 fully saturated rings. The van der Waals surface area contributed by atoms with Gasteiger partial charge in [0.25, 0.3) is 0 Å². The molecule has 0 saturated carbocycles. The van der Waals surface area contributed by atoms with Crippen LogP contribution < -0.4 is 25.3 Å². The lowest BCUT2D eigenvalue weighted by Gasteiger charge is -2.13. The van der Waals surface area contributed by atoms with Crippen molar-refractivity contribution in [3.8, 4) is 17.2 Å². The van der Waals surface area contributed by atoms with Gasteiger partial charge in [0.1, 0.15) is 12.4 Å². The molecule has 0 unspecified atom stereocenters. The Morgan fingerprint density at radius 1 is 1.16 bits per heavy atom. The van der Waals surface area contributed by atoms with Crippen molar-refractivity contribution in [2.75, 3.05) is 19.9 Å². The van der Waals surface area contributed by atoms with Crippen molar-refractivity contribution >= 4 is 18.3 Å². The molecule has 1 atom stereocenters. The van der Waals surface area contributed by atoms with Gasteiger partial charge in [-0.1, -0.05) is 30.3 Å². The maximum Gasteiger partial charge on any atom is 0.237 e. The highest BCUT2D eigenvalue weighted by Gasteiger charge is 2.15. The summed E-state index contributed by atoms with van der Waals surface area (Å²) in [6.45, 7) is 0.966. The molecule has 6 nitrogen and oxygen atoms in total. The zero-order valence-corrected chi connectivity index (χ0v) is 14.5. The minimum Gasteiger partial charge on any atom is -0.492 e. The summed E-state index contributed by atoms with van der Waals surface area (Å²) < 4.78 is 16.1. The second-order valence-electron chi connectivity index (χ2n) is 5.45. The predicted octanol–water partition coefficient (Wildman–Crippen LogP) is 1.90. The monoisotopic (exact) mass is 364 g/mol. The minimum atomic E-state index is -0.571. The second kappa shape index (κ2) is 9.15. The van der Waals surface area contributed by atoms with Gasteiger partial charge in [0, 0.05) is 6.07 Å². The first-order valence-corrected chi connectivity index (χ1v) is 7.82. The fourth-order valence-electron chi connectivity index (χ4n) is 2.40. The molecule has 2 aromatic rings. The van der Waals surface area contributed by atoms with Crippen LogP contribution in [0.2, 0.25) is 0 Å². The largest absolute Gasteiger partial charge is 0.492 e. The van der Waals surface area contributed by atoms with Crippen molar-refractivity contribution < 1.29 is 19.0 Å². The highest BCUT2D eigenvalue weighted by molar-refractivity contribution is 5.85. The second-order valence-corrected chi connectivity index (χ2v) is 5.45. The van der Waals surface area contributed by atoms with Crippen molar-refractivity contribution in [3.63, 3.8) is 0 Å². The molecule has 7 heteroatoms. The molecule has 0 aliphatic carbocycles. The van der Waals surface area contributed by atoms with Gasteiger partial charge in [-0.15, -0.1) is 12.4 Å². The van der Waals surface area contributed by atoms with Crippen molar-refractivity contribution in [2.45, 2.75) is 12.5 Å². The van der Waals surface area contributed by atoms with Crippen molar-refractivity contribution in [1.82, 2.24) is 5.32 Å². The Kier molecular flexibility index (Phi) is 6.91. The third-order valence-electron chi connectivity index (χ3n) is 3.65. The first-order chi connectivity index (χ1) is 11.7. The maximum absolute atomic E-state index is 12.0. The molecule has 0 radical (unpaired) electrons. The van der Waals surface area contributed by atoms with Gasteiger partial charge in [0.2, 0.25) is 12.7 Å². The Morgan fingerprint density at radius 2 is 1.92 bits per heavy atom. The third-order valence-corrected chi connectivity index (χ3v) is 3.65. The van der Waals surface area contributed by atoms with E-state index in [0.717, 1.165) is 5.56 Å². The van der Waals surface area contributed by atoms with Crippen molar-refractivity contribution in [2.24, 2.45) is 5.73 Å². The van der Waals surface area contributed by atoms with Crippen LogP contribution in [0.25, 0.3) is 0 Å². The Hall–Kier alpha value is -2.44. The van der Waals surface area contributed by atoms with E-state index < -0.39 is 6.04 Å². The molecular formula is C18H21ClN2O4. The highest BCUT2D eigenvalue weighted by Crippen LogP contribution is 2.34. The summed E-state index contributed by atoms with van der Waals surface area (Å²) in [6.07, 6.45) is 0.510. The average Bonchev–Trinajstić information content (AvgIpc) is 3.07. The molecule has 3 N–H and O–H groups in total. The zero-order chi connectivity index (χ0) is 16.8. The van der Waals surface area contributed by atoms with Crippen molar-refractivity contribution in [3.05, 3.63) is 54.1 Å². The first-order valence-electron chi connectivity index (χ1n) is 7.82. The summed E-state index contributed by atoms with van der Waals surface area (Å²) in [7, 11) is 0. The van der Waals surface area contributed by atoms with Gasteiger partial charge in [-0.05, 0) is 24.1 Å². The Morgan fingerprint density at radius 3 is 2.72 bits per heavy atom. The molecule has 1 heterocycles. The fraction of sp³-hybridized carbons (Fsp3) is 0.278. The summed E-state index contributed by atoms with van der Waals surface area (Å²) in [5, 5.41) is 2.78. The molecule has 134 valence electrons. The van der Waals surface area contributed by atoms with E-state index in [1.807, 2.05) is 30.3 Å². The summed E-state index contributed by atoms with van der Waals surface area (Å²) in [5.74, 6) is 1.86. The number of fused-ring (bicyclic) bond motifs is 1. The van der Waals surface area contributed by atoms with Crippen LogP contribution >= 0.6 is 12.4 Å². The molecule has 0 spiro atoms. The molecule has 0 saturated heterocycles. The van der Waals surface area contributed by atoms with E-state index in [2.05, 4.69) is 5.32 Å². The van der Waals surface area contributed by atoms with Gasteiger partial charge in [0.05, 0.1) is 12.6 Å². The number of halogens is 1. The molecule has 1 amide bonds. The van der Waals surface area contributed by atoms with Crippen LogP contribution in [0.15, 0.2) is 48.5 Å². The minimum absolute atomic E-state index is 0. The summed E-state index contributed by atoms with van der Waals surface area (Å²) in [6, 6.07) is 14.5. The fourth-order valence-corrected chi connectivity index (χ4v) is 2.40. The van der Waals surface area contributed by atoms with Crippen LogP contribution in [0.3, 0.4) is 0 Å². The number of hydrogen-bond acceptors (Lipinski definition) is 5. The number of hydrogen-bond donors (Lipinski definition) is 2. The summed E-state index contributed by atoms with van der Waals surface area (Å²) in [4.78, 5) is 12.0. The van der Waals surface area contributed by atoms with E-state index in [4.69, 9.17) is 19.9 Å².